The first-order chi connectivity index (χ1) is 9.49. The maximum atomic E-state index is 14.4. The third-order valence-electron chi connectivity index (χ3n) is 3.49. The third-order valence-corrected chi connectivity index (χ3v) is 3.49. The maximum Gasteiger partial charge on any atom is 0.261 e. The van der Waals surface area contributed by atoms with Crippen LogP contribution in [0.2, 0.25) is 0 Å². The van der Waals surface area contributed by atoms with Crippen molar-refractivity contribution in [1.29, 1.82) is 0 Å². The molecule has 1 atom stereocenters. The van der Waals surface area contributed by atoms with E-state index in [4.69, 9.17) is 0 Å². The number of rotatable bonds is 1. The molecule has 0 spiro atoms. The molecule has 6 nitrogen and oxygen atoms in total. The summed E-state index contributed by atoms with van der Waals surface area (Å²) in [4.78, 5) is 45.8. The maximum absolute atomic E-state index is 14.4. The summed E-state index contributed by atoms with van der Waals surface area (Å²) in [6.07, 6.45) is 0.286. The molecule has 20 heavy (non-hydrogen) atoms. The number of hydrogen-bond acceptors (Lipinski definition) is 4. The smallest absolute Gasteiger partial charge is 0.261 e. The largest absolute Gasteiger partial charge is 0.296 e. The Kier molecular flexibility index (Phi) is 2.63. The molecule has 0 aromatic heterocycles. The molecular formula is C13H9FN2O4. The van der Waals surface area contributed by atoms with Crippen LogP contribution in [0.1, 0.15) is 45.0 Å². The van der Waals surface area contributed by atoms with Crippen molar-refractivity contribution >= 4 is 23.6 Å². The number of nitrogens with one attached hydrogen (secondary N) is 2. The summed E-state index contributed by atoms with van der Waals surface area (Å²) in [5, 5.41) is 4.13. The van der Waals surface area contributed by atoms with Gasteiger partial charge in [0.15, 0.2) is 0 Å². The van der Waals surface area contributed by atoms with Gasteiger partial charge in [0.25, 0.3) is 11.8 Å². The molecule has 1 aromatic rings. The number of carbonyl (C=O) groups excluding carboxylic acids is 4. The van der Waals surface area contributed by atoms with Gasteiger partial charge in [-0.1, -0.05) is 6.07 Å². The Morgan fingerprint density at radius 2 is 1.80 bits per heavy atom. The van der Waals surface area contributed by atoms with Gasteiger partial charge in [-0.3, -0.25) is 29.8 Å². The fourth-order valence-corrected chi connectivity index (χ4v) is 2.50. The molecule has 0 bridgehead atoms. The van der Waals surface area contributed by atoms with Crippen molar-refractivity contribution in [2.24, 2.45) is 0 Å². The van der Waals surface area contributed by atoms with Gasteiger partial charge in [-0.25, -0.2) is 4.39 Å². The van der Waals surface area contributed by atoms with Crippen LogP contribution in [0.5, 0.6) is 0 Å². The first-order valence-corrected chi connectivity index (χ1v) is 6.01. The Hall–Kier alpha value is -2.57. The Bertz CT molecular complexity index is 683. The molecule has 102 valence electrons. The highest BCUT2D eigenvalue weighted by Crippen LogP contribution is 2.31. The number of hydrogen-bond donors (Lipinski definition) is 2. The van der Waals surface area contributed by atoms with Crippen LogP contribution >= 0.6 is 0 Å². The molecule has 4 amide bonds. The van der Waals surface area contributed by atoms with Crippen LogP contribution in [0.4, 0.5) is 4.39 Å². The van der Waals surface area contributed by atoms with E-state index in [9.17, 15) is 23.6 Å². The van der Waals surface area contributed by atoms with Gasteiger partial charge >= 0.3 is 0 Å². The molecule has 1 fully saturated rings. The van der Waals surface area contributed by atoms with Crippen LogP contribution < -0.4 is 10.6 Å². The molecule has 0 saturated carbocycles. The van der Waals surface area contributed by atoms with E-state index in [2.05, 4.69) is 5.32 Å². The van der Waals surface area contributed by atoms with E-state index in [-0.39, 0.29) is 29.5 Å². The number of fused-ring (bicyclic) bond motifs is 1. The molecule has 7 heteroatoms. The summed E-state index contributed by atoms with van der Waals surface area (Å²) in [6.45, 7) is 0. The van der Waals surface area contributed by atoms with Crippen LogP contribution in [0.15, 0.2) is 12.1 Å². The SMILES string of the molecule is O=C1CCC(c2ccc3c(c2F)C(=O)NC3=O)C(=O)N1. The minimum atomic E-state index is -0.875. The van der Waals surface area contributed by atoms with E-state index < -0.39 is 35.4 Å². The zero-order valence-electron chi connectivity index (χ0n) is 10.2. The van der Waals surface area contributed by atoms with E-state index in [1.165, 1.54) is 12.1 Å². The minimum absolute atomic E-state index is 0.0265. The van der Waals surface area contributed by atoms with E-state index >= 15 is 0 Å². The van der Waals surface area contributed by atoms with Crippen LogP contribution in [0.25, 0.3) is 0 Å². The quantitative estimate of drug-likeness (QED) is 0.718. The van der Waals surface area contributed by atoms with Gasteiger partial charge in [-0.15, -0.1) is 0 Å². The van der Waals surface area contributed by atoms with E-state index in [0.717, 1.165) is 0 Å². The highest BCUT2D eigenvalue weighted by atomic mass is 19.1. The second kappa shape index (κ2) is 4.22. The molecule has 2 aliphatic heterocycles. The topological polar surface area (TPSA) is 92.3 Å². The number of carbonyl (C=O) groups is 4. The van der Waals surface area contributed by atoms with Crippen LogP contribution in [-0.4, -0.2) is 23.6 Å². The second-order valence-electron chi connectivity index (χ2n) is 4.68. The fraction of sp³-hybridized carbons (Fsp3) is 0.231. The summed E-state index contributed by atoms with van der Waals surface area (Å²) in [5.41, 5.74) is -0.348. The first kappa shape index (κ1) is 12.5. The van der Waals surface area contributed by atoms with Crippen molar-refractivity contribution in [1.82, 2.24) is 10.6 Å². The average Bonchev–Trinajstić information content (AvgIpc) is 2.67. The van der Waals surface area contributed by atoms with Crippen molar-refractivity contribution in [3.8, 4) is 0 Å². The monoisotopic (exact) mass is 276 g/mol. The Morgan fingerprint density at radius 1 is 1.05 bits per heavy atom. The van der Waals surface area contributed by atoms with Crippen molar-refractivity contribution in [2.45, 2.75) is 18.8 Å². The average molecular weight is 276 g/mol. The molecule has 3 rings (SSSR count). The molecular weight excluding hydrogens is 267 g/mol. The molecule has 2 aliphatic rings. The van der Waals surface area contributed by atoms with E-state index in [1.54, 1.807) is 0 Å². The van der Waals surface area contributed by atoms with E-state index in [1.807, 2.05) is 5.32 Å². The van der Waals surface area contributed by atoms with Gasteiger partial charge in [0.2, 0.25) is 11.8 Å². The molecule has 1 saturated heterocycles. The Morgan fingerprint density at radius 3 is 2.50 bits per heavy atom. The minimum Gasteiger partial charge on any atom is -0.296 e. The van der Waals surface area contributed by atoms with Crippen LogP contribution in [0.3, 0.4) is 0 Å². The molecule has 2 N–H and O–H groups in total. The lowest BCUT2D eigenvalue weighted by molar-refractivity contribution is -0.134. The highest BCUT2D eigenvalue weighted by molar-refractivity contribution is 6.21. The van der Waals surface area contributed by atoms with Crippen molar-refractivity contribution in [3.63, 3.8) is 0 Å². The van der Waals surface area contributed by atoms with Gasteiger partial charge < -0.3 is 0 Å². The molecule has 1 unspecified atom stereocenters. The highest BCUT2D eigenvalue weighted by Gasteiger charge is 2.36. The van der Waals surface area contributed by atoms with Crippen molar-refractivity contribution in [3.05, 3.63) is 34.6 Å². The van der Waals surface area contributed by atoms with Crippen molar-refractivity contribution in [2.75, 3.05) is 0 Å². The van der Waals surface area contributed by atoms with Crippen LogP contribution in [0, 0.1) is 5.82 Å². The number of amides is 4. The predicted octanol–water partition coefficient (Wildman–Crippen LogP) is 0.229. The molecule has 1 aromatic carbocycles. The number of benzene rings is 1. The lowest BCUT2D eigenvalue weighted by Gasteiger charge is -2.21. The predicted molar refractivity (Wildman–Crippen MR) is 63.3 cm³/mol. The van der Waals surface area contributed by atoms with Gasteiger partial charge in [-0.05, 0) is 12.5 Å². The molecule has 0 aliphatic carbocycles. The van der Waals surface area contributed by atoms with Crippen molar-refractivity contribution < 1.29 is 23.6 Å². The zero-order chi connectivity index (χ0) is 14.4. The number of halogens is 1. The van der Waals surface area contributed by atoms with Gasteiger partial charge in [0, 0.05) is 12.0 Å². The molecule has 0 radical (unpaired) electrons. The van der Waals surface area contributed by atoms with Gasteiger partial charge in [0.1, 0.15) is 5.82 Å². The number of piperidine rings is 1. The first-order valence-electron chi connectivity index (χ1n) is 6.01. The second-order valence-corrected chi connectivity index (χ2v) is 4.68. The summed E-state index contributed by atoms with van der Waals surface area (Å²) in [5.74, 6) is -4.16. The Labute approximate surface area is 112 Å². The van der Waals surface area contributed by atoms with E-state index in [0.29, 0.717) is 0 Å². The molecule has 2 heterocycles. The van der Waals surface area contributed by atoms with Crippen LogP contribution in [-0.2, 0) is 9.59 Å². The zero-order valence-corrected chi connectivity index (χ0v) is 10.2. The Balaban J connectivity index is 2.06. The lowest BCUT2D eigenvalue weighted by atomic mass is 9.88. The van der Waals surface area contributed by atoms with Gasteiger partial charge in [0.05, 0.1) is 17.0 Å². The lowest BCUT2D eigenvalue weighted by Crippen LogP contribution is -2.39. The summed E-state index contributed by atoms with van der Waals surface area (Å²) >= 11 is 0. The fourth-order valence-electron chi connectivity index (χ4n) is 2.50. The third kappa shape index (κ3) is 1.70. The van der Waals surface area contributed by atoms with Gasteiger partial charge in [-0.2, -0.15) is 0 Å². The standard InChI is InChI=1S/C13H9FN2O4/c14-10-5(6-3-4-8(17)15-11(6)18)1-2-7-9(10)13(20)16-12(7)19/h1-2,6H,3-4H2,(H,15,17,18)(H,16,19,20). The summed E-state index contributed by atoms with van der Waals surface area (Å²) < 4.78 is 14.4. The summed E-state index contributed by atoms with van der Waals surface area (Å²) in [7, 11) is 0. The normalized spacial score (nSPS) is 21.6. The summed E-state index contributed by atoms with van der Waals surface area (Å²) in [6, 6.07) is 2.63. The number of imide groups is 2.